The first-order valence-corrected chi connectivity index (χ1v) is 6.09. The Labute approximate surface area is 103 Å². The number of benzene rings is 1. The lowest BCUT2D eigenvalue weighted by atomic mass is 9.91. The molecule has 0 radical (unpaired) electrons. The fourth-order valence-corrected chi connectivity index (χ4v) is 2.09. The summed E-state index contributed by atoms with van der Waals surface area (Å²) in [5.41, 5.74) is 0.685. The summed E-state index contributed by atoms with van der Waals surface area (Å²) in [4.78, 5) is 0. The van der Waals surface area contributed by atoms with E-state index in [-0.39, 0.29) is 11.7 Å². The van der Waals surface area contributed by atoms with Gasteiger partial charge in [-0.25, -0.2) is 4.39 Å². The highest BCUT2D eigenvalue weighted by atomic mass is 79.9. The Morgan fingerprint density at radius 2 is 2.31 bits per heavy atom. The molecule has 1 rings (SSSR count). The summed E-state index contributed by atoms with van der Waals surface area (Å²) < 4.78 is 14.5. The minimum atomic E-state index is -0.209. The van der Waals surface area contributed by atoms with Crippen LogP contribution in [0.4, 0.5) is 4.39 Å². The van der Waals surface area contributed by atoms with E-state index in [9.17, 15) is 4.39 Å². The maximum Gasteiger partial charge on any atom is 0.127 e. The first-order chi connectivity index (χ1) is 7.69. The van der Waals surface area contributed by atoms with Crippen LogP contribution in [-0.4, -0.2) is 11.4 Å². The highest BCUT2D eigenvalue weighted by molar-refractivity contribution is 9.10. The van der Waals surface area contributed by atoms with Crippen LogP contribution in [0.1, 0.15) is 37.7 Å². The topological polar surface area (TPSA) is 32.6 Å². The van der Waals surface area contributed by atoms with Crippen LogP contribution in [0.5, 0.6) is 0 Å². The Bertz CT molecular complexity index is 368. The van der Waals surface area contributed by atoms with Gasteiger partial charge in [0.1, 0.15) is 5.82 Å². The molecule has 1 N–H and O–H groups in total. The molecule has 0 bridgehead atoms. The van der Waals surface area contributed by atoms with Gasteiger partial charge in [0.15, 0.2) is 0 Å². The monoisotopic (exact) mass is 287 g/mol. The highest BCUT2D eigenvalue weighted by Crippen LogP contribution is 2.28. The van der Waals surface area contributed by atoms with Crippen LogP contribution >= 0.6 is 15.9 Å². The molecule has 0 amide bonds. The maximum atomic E-state index is 13.7. The molecule has 0 heterocycles. The molecular formula is C12H15BrFNO. The first kappa shape index (κ1) is 13.2. The number of rotatable bonds is 5. The van der Waals surface area contributed by atoms with Crippen LogP contribution in [-0.2, 0) is 0 Å². The van der Waals surface area contributed by atoms with Gasteiger partial charge in [-0.15, -0.1) is 5.16 Å². The van der Waals surface area contributed by atoms with Crippen molar-refractivity contribution < 1.29 is 9.60 Å². The molecule has 0 aliphatic carbocycles. The largest absolute Gasteiger partial charge is 0.411 e. The van der Waals surface area contributed by atoms with Crippen LogP contribution in [0.15, 0.2) is 27.8 Å². The van der Waals surface area contributed by atoms with Gasteiger partial charge in [0, 0.05) is 10.7 Å². The zero-order valence-corrected chi connectivity index (χ0v) is 10.7. The molecule has 0 saturated heterocycles. The van der Waals surface area contributed by atoms with E-state index >= 15 is 0 Å². The molecule has 2 nitrogen and oxygen atoms in total. The van der Waals surface area contributed by atoms with E-state index in [0.29, 0.717) is 12.0 Å². The van der Waals surface area contributed by atoms with E-state index in [1.54, 1.807) is 6.07 Å². The molecule has 4 heteroatoms. The Morgan fingerprint density at radius 1 is 1.56 bits per heavy atom. The van der Waals surface area contributed by atoms with Gasteiger partial charge in [0.25, 0.3) is 0 Å². The van der Waals surface area contributed by atoms with Crippen molar-refractivity contribution in [2.24, 2.45) is 5.16 Å². The first-order valence-electron chi connectivity index (χ1n) is 5.29. The average Bonchev–Trinajstić information content (AvgIpc) is 2.25. The second-order valence-electron chi connectivity index (χ2n) is 3.69. The van der Waals surface area contributed by atoms with Gasteiger partial charge in [-0.1, -0.05) is 35.3 Å². The van der Waals surface area contributed by atoms with Crippen molar-refractivity contribution in [2.75, 3.05) is 0 Å². The normalized spacial score (nSPS) is 13.2. The summed E-state index contributed by atoms with van der Waals surface area (Å²) in [6.45, 7) is 2.06. The van der Waals surface area contributed by atoms with Crippen molar-refractivity contribution in [2.45, 2.75) is 32.1 Å². The van der Waals surface area contributed by atoms with Crippen LogP contribution in [0.25, 0.3) is 0 Å². The van der Waals surface area contributed by atoms with E-state index in [1.807, 2.05) is 6.07 Å². The minimum absolute atomic E-state index is 0.0778. The molecule has 1 aromatic carbocycles. The summed E-state index contributed by atoms with van der Waals surface area (Å²) in [6, 6.07) is 5.08. The summed E-state index contributed by atoms with van der Waals surface area (Å²) in [5, 5.41) is 11.4. The lowest BCUT2D eigenvalue weighted by molar-refractivity contribution is 0.319. The Kier molecular flexibility index (Phi) is 5.46. The number of hydrogen-bond donors (Lipinski definition) is 1. The minimum Gasteiger partial charge on any atom is -0.411 e. The Morgan fingerprint density at radius 3 is 2.88 bits per heavy atom. The van der Waals surface area contributed by atoms with Crippen LogP contribution < -0.4 is 0 Å². The van der Waals surface area contributed by atoms with Gasteiger partial charge < -0.3 is 5.21 Å². The fraction of sp³-hybridized carbons (Fsp3) is 0.417. The second kappa shape index (κ2) is 6.63. The molecule has 0 fully saturated rings. The summed E-state index contributed by atoms with van der Waals surface area (Å²) in [7, 11) is 0. The molecule has 0 aliphatic heterocycles. The van der Waals surface area contributed by atoms with Crippen molar-refractivity contribution in [1.82, 2.24) is 0 Å². The Hall–Kier alpha value is -0.900. The Balaban J connectivity index is 2.91. The van der Waals surface area contributed by atoms with E-state index < -0.39 is 0 Å². The predicted octanol–water partition coefficient (Wildman–Crippen LogP) is 4.32. The zero-order valence-electron chi connectivity index (χ0n) is 9.16. The van der Waals surface area contributed by atoms with Crippen molar-refractivity contribution in [3.05, 3.63) is 34.1 Å². The fourth-order valence-electron chi connectivity index (χ4n) is 1.76. The van der Waals surface area contributed by atoms with Gasteiger partial charge in [0.2, 0.25) is 0 Å². The molecular weight excluding hydrogens is 273 g/mol. The molecule has 0 spiro atoms. The van der Waals surface area contributed by atoms with Crippen molar-refractivity contribution in [1.29, 1.82) is 0 Å². The van der Waals surface area contributed by atoms with Gasteiger partial charge >= 0.3 is 0 Å². The van der Waals surface area contributed by atoms with E-state index in [1.165, 1.54) is 12.3 Å². The van der Waals surface area contributed by atoms with Crippen LogP contribution in [0.2, 0.25) is 0 Å². The zero-order chi connectivity index (χ0) is 12.0. The molecule has 0 aliphatic rings. The molecule has 0 aromatic heterocycles. The SMILES string of the molecule is CCCC(C/C=N/O)c1ccc(Br)cc1F. The summed E-state index contributed by atoms with van der Waals surface area (Å²) in [6.07, 6.45) is 3.83. The smallest absolute Gasteiger partial charge is 0.127 e. The van der Waals surface area contributed by atoms with E-state index in [2.05, 4.69) is 28.0 Å². The van der Waals surface area contributed by atoms with Gasteiger partial charge in [-0.3, -0.25) is 0 Å². The van der Waals surface area contributed by atoms with Crippen molar-refractivity contribution in [3.8, 4) is 0 Å². The van der Waals surface area contributed by atoms with E-state index in [0.717, 1.165) is 17.3 Å². The standard InChI is InChI=1S/C12H15BrFNO/c1-2-3-9(6-7-15-16)11-5-4-10(13)8-12(11)14/h4-5,7-9,16H,2-3,6H2,1H3/b15-7+. The van der Waals surface area contributed by atoms with Gasteiger partial charge in [0.05, 0.1) is 0 Å². The van der Waals surface area contributed by atoms with Gasteiger partial charge in [-0.2, -0.15) is 0 Å². The molecule has 1 aromatic rings. The lowest BCUT2D eigenvalue weighted by Gasteiger charge is -2.15. The predicted molar refractivity (Wildman–Crippen MR) is 66.6 cm³/mol. The number of halogens is 2. The number of nitrogens with zero attached hydrogens (tertiary/aromatic N) is 1. The van der Waals surface area contributed by atoms with Crippen molar-refractivity contribution >= 4 is 22.1 Å². The summed E-state index contributed by atoms with van der Waals surface area (Å²) >= 11 is 3.23. The third-order valence-corrected chi connectivity index (χ3v) is 3.00. The summed E-state index contributed by atoms with van der Waals surface area (Å²) in [5.74, 6) is -0.131. The third-order valence-electron chi connectivity index (χ3n) is 2.51. The molecule has 16 heavy (non-hydrogen) atoms. The van der Waals surface area contributed by atoms with Crippen LogP contribution in [0.3, 0.4) is 0 Å². The van der Waals surface area contributed by atoms with E-state index in [4.69, 9.17) is 5.21 Å². The lowest BCUT2D eigenvalue weighted by Crippen LogP contribution is -2.02. The maximum absolute atomic E-state index is 13.7. The quantitative estimate of drug-likeness (QED) is 0.488. The van der Waals surface area contributed by atoms with Crippen molar-refractivity contribution in [3.63, 3.8) is 0 Å². The molecule has 0 saturated carbocycles. The average molecular weight is 288 g/mol. The molecule has 1 unspecified atom stereocenters. The van der Waals surface area contributed by atoms with Crippen LogP contribution in [0, 0.1) is 5.82 Å². The third kappa shape index (κ3) is 3.59. The van der Waals surface area contributed by atoms with Gasteiger partial charge in [-0.05, 0) is 36.5 Å². The second-order valence-corrected chi connectivity index (χ2v) is 4.60. The number of hydrogen-bond acceptors (Lipinski definition) is 2. The highest BCUT2D eigenvalue weighted by Gasteiger charge is 2.14. The molecule has 1 atom stereocenters. The number of oxime groups is 1. The molecule has 88 valence electrons.